The van der Waals surface area contributed by atoms with E-state index in [1.807, 2.05) is 0 Å². The van der Waals surface area contributed by atoms with Crippen molar-refractivity contribution < 1.29 is 17.7 Å². The van der Waals surface area contributed by atoms with Crippen molar-refractivity contribution in [3.8, 4) is 0 Å². The highest BCUT2D eigenvalue weighted by Crippen LogP contribution is 2.29. The maximum Gasteiger partial charge on any atom is 0.294 e. The van der Waals surface area contributed by atoms with E-state index in [4.69, 9.17) is 9.29 Å². The van der Waals surface area contributed by atoms with Gasteiger partial charge >= 0.3 is 0 Å². The lowest BCUT2D eigenvalue weighted by molar-refractivity contribution is 0.291. The molecule has 0 radical (unpaired) electrons. The van der Waals surface area contributed by atoms with Crippen LogP contribution < -0.4 is 0 Å². The third-order valence-electron chi connectivity index (χ3n) is 3.38. The van der Waals surface area contributed by atoms with Crippen molar-refractivity contribution in [2.75, 3.05) is 6.61 Å². The molecule has 19 heavy (non-hydrogen) atoms. The molecule has 1 aliphatic rings. The third kappa shape index (κ3) is 4.30. The first-order chi connectivity index (χ1) is 8.86. The second-order valence-corrected chi connectivity index (χ2v) is 7.01. The molecule has 1 saturated heterocycles. The summed E-state index contributed by atoms with van der Waals surface area (Å²) in [6.07, 6.45) is 2.34. The minimum Gasteiger partial charge on any atom is -0.373 e. The van der Waals surface area contributed by atoms with Gasteiger partial charge in [0.1, 0.15) is 0 Å². The van der Waals surface area contributed by atoms with Gasteiger partial charge in [0, 0.05) is 0 Å². The molecule has 0 saturated carbocycles. The van der Waals surface area contributed by atoms with E-state index in [1.54, 1.807) is 12.1 Å². The standard InChI is InChI=1S/C14H20O4S/c1-10(2)7-12(14-9-18-14)8-11-3-5-13(6-4-11)19(15,16)17/h3-6,10,12,14H,7-9H2,1-2H3,(H,15,16,17). The number of epoxide rings is 1. The van der Waals surface area contributed by atoms with Crippen LogP contribution in [0.4, 0.5) is 0 Å². The Morgan fingerprint density at radius 3 is 2.32 bits per heavy atom. The lowest BCUT2D eigenvalue weighted by Crippen LogP contribution is -2.14. The molecule has 2 atom stereocenters. The maximum absolute atomic E-state index is 11.0. The zero-order valence-corrected chi connectivity index (χ0v) is 12.1. The molecule has 106 valence electrons. The summed E-state index contributed by atoms with van der Waals surface area (Å²) in [6, 6.07) is 6.42. The Morgan fingerprint density at radius 2 is 1.89 bits per heavy atom. The molecule has 0 bridgehead atoms. The zero-order chi connectivity index (χ0) is 14.0. The predicted octanol–water partition coefficient (Wildman–Crippen LogP) is 2.54. The van der Waals surface area contributed by atoms with Gasteiger partial charge in [0.2, 0.25) is 0 Å². The van der Waals surface area contributed by atoms with E-state index in [9.17, 15) is 8.42 Å². The lowest BCUT2D eigenvalue weighted by atomic mass is 9.89. The largest absolute Gasteiger partial charge is 0.373 e. The number of hydrogen-bond acceptors (Lipinski definition) is 3. The average molecular weight is 284 g/mol. The van der Waals surface area contributed by atoms with Crippen LogP contribution in [0.25, 0.3) is 0 Å². The number of rotatable bonds is 6. The van der Waals surface area contributed by atoms with Crippen molar-refractivity contribution in [3.05, 3.63) is 29.8 Å². The van der Waals surface area contributed by atoms with Crippen LogP contribution in [-0.2, 0) is 21.3 Å². The fraction of sp³-hybridized carbons (Fsp3) is 0.571. The van der Waals surface area contributed by atoms with Crippen LogP contribution in [0.5, 0.6) is 0 Å². The predicted molar refractivity (Wildman–Crippen MR) is 72.6 cm³/mol. The Bertz CT molecular complexity index is 515. The fourth-order valence-electron chi connectivity index (χ4n) is 2.40. The highest BCUT2D eigenvalue weighted by Gasteiger charge is 2.32. The molecule has 5 heteroatoms. The molecule has 1 fully saturated rings. The summed E-state index contributed by atoms with van der Waals surface area (Å²) < 4.78 is 36.2. The summed E-state index contributed by atoms with van der Waals surface area (Å²) in [6.45, 7) is 5.22. The Balaban J connectivity index is 2.05. The molecule has 2 unspecified atom stereocenters. The van der Waals surface area contributed by atoms with Gasteiger partial charge in [-0.1, -0.05) is 26.0 Å². The summed E-state index contributed by atoms with van der Waals surface area (Å²) >= 11 is 0. The second-order valence-electron chi connectivity index (χ2n) is 5.58. The molecule has 1 heterocycles. The van der Waals surface area contributed by atoms with Crippen LogP contribution >= 0.6 is 0 Å². The highest BCUT2D eigenvalue weighted by atomic mass is 32.2. The summed E-state index contributed by atoms with van der Waals surface area (Å²) in [5, 5.41) is 0. The van der Waals surface area contributed by atoms with Crippen molar-refractivity contribution in [1.82, 2.24) is 0 Å². The summed E-state index contributed by atoms with van der Waals surface area (Å²) in [7, 11) is -4.10. The Hall–Kier alpha value is -0.910. The van der Waals surface area contributed by atoms with E-state index in [1.165, 1.54) is 12.1 Å². The Labute approximate surface area is 114 Å². The molecule has 0 amide bonds. The normalized spacial score (nSPS) is 20.5. The van der Waals surface area contributed by atoms with E-state index >= 15 is 0 Å². The van der Waals surface area contributed by atoms with E-state index in [-0.39, 0.29) is 4.90 Å². The summed E-state index contributed by atoms with van der Waals surface area (Å²) in [5.41, 5.74) is 1.08. The average Bonchev–Trinajstić information content (AvgIpc) is 3.10. The van der Waals surface area contributed by atoms with Crippen molar-refractivity contribution in [3.63, 3.8) is 0 Å². The minimum absolute atomic E-state index is 0.0562. The summed E-state index contributed by atoms with van der Waals surface area (Å²) in [5.74, 6) is 1.10. The molecule has 0 aliphatic carbocycles. The molecular formula is C14H20O4S. The zero-order valence-electron chi connectivity index (χ0n) is 11.2. The maximum atomic E-state index is 11.0. The van der Waals surface area contributed by atoms with Gasteiger partial charge < -0.3 is 4.74 Å². The summed E-state index contributed by atoms with van der Waals surface area (Å²) in [4.78, 5) is -0.0562. The number of hydrogen-bond donors (Lipinski definition) is 1. The molecule has 1 N–H and O–H groups in total. The molecule has 1 aromatic rings. The molecule has 0 aromatic heterocycles. The fourth-order valence-corrected chi connectivity index (χ4v) is 2.88. The molecule has 0 spiro atoms. The van der Waals surface area contributed by atoms with Gasteiger partial charge in [-0.05, 0) is 42.4 Å². The van der Waals surface area contributed by atoms with Crippen LogP contribution in [0.1, 0.15) is 25.8 Å². The molecule has 2 rings (SSSR count). The molecule has 1 aliphatic heterocycles. The van der Waals surface area contributed by atoms with Gasteiger partial charge in [-0.25, -0.2) is 0 Å². The first kappa shape index (κ1) is 14.5. The van der Waals surface area contributed by atoms with Gasteiger partial charge in [0.05, 0.1) is 17.6 Å². The highest BCUT2D eigenvalue weighted by molar-refractivity contribution is 7.85. The van der Waals surface area contributed by atoms with Crippen molar-refractivity contribution in [2.24, 2.45) is 11.8 Å². The monoisotopic (exact) mass is 284 g/mol. The number of benzene rings is 1. The quantitative estimate of drug-likeness (QED) is 0.644. The van der Waals surface area contributed by atoms with Crippen LogP contribution in [0.3, 0.4) is 0 Å². The third-order valence-corrected chi connectivity index (χ3v) is 4.25. The molecular weight excluding hydrogens is 264 g/mol. The van der Waals surface area contributed by atoms with Crippen LogP contribution in [0.2, 0.25) is 0 Å². The van der Waals surface area contributed by atoms with Crippen molar-refractivity contribution >= 4 is 10.1 Å². The van der Waals surface area contributed by atoms with Gasteiger partial charge in [-0.3, -0.25) is 4.55 Å². The Morgan fingerprint density at radius 1 is 1.32 bits per heavy atom. The van der Waals surface area contributed by atoms with Crippen LogP contribution in [0.15, 0.2) is 29.2 Å². The lowest BCUT2D eigenvalue weighted by Gasteiger charge is -2.17. The second kappa shape index (κ2) is 5.61. The Kier molecular flexibility index (Phi) is 4.28. The van der Waals surface area contributed by atoms with Gasteiger partial charge in [-0.2, -0.15) is 8.42 Å². The first-order valence-corrected chi connectivity index (χ1v) is 7.98. The van der Waals surface area contributed by atoms with Gasteiger partial charge in [0.15, 0.2) is 0 Å². The van der Waals surface area contributed by atoms with Gasteiger partial charge in [-0.15, -0.1) is 0 Å². The van der Waals surface area contributed by atoms with Crippen LogP contribution in [0, 0.1) is 11.8 Å². The van der Waals surface area contributed by atoms with E-state index in [2.05, 4.69) is 13.8 Å². The first-order valence-electron chi connectivity index (χ1n) is 6.54. The SMILES string of the molecule is CC(C)CC(Cc1ccc(S(=O)(=O)O)cc1)C1CO1. The van der Waals surface area contributed by atoms with E-state index in [0.717, 1.165) is 25.0 Å². The van der Waals surface area contributed by atoms with Crippen molar-refractivity contribution in [1.29, 1.82) is 0 Å². The minimum atomic E-state index is -4.10. The smallest absolute Gasteiger partial charge is 0.294 e. The van der Waals surface area contributed by atoms with E-state index in [0.29, 0.717) is 17.9 Å². The number of ether oxygens (including phenoxy) is 1. The molecule has 4 nitrogen and oxygen atoms in total. The van der Waals surface area contributed by atoms with Crippen molar-refractivity contribution in [2.45, 2.75) is 37.7 Å². The van der Waals surface area contributed by atoms with Gasteiger partial charge in [0.25, 0.3) is 10.1 Å². The molecule has 1 aromatic carbocycles. The topological polar surface area (TPSA) is 66.9 Å². The van der Waals surface area contributed by atoms with E-state index < -0.39 is 10.1 Å². The van der Waals surface area contributed by atoms with Crippen LogP contribution in [-0.4, -0.2) is 25.7 Å².